The van der Waals surface area contributed by atoms with Gasteiger partial charge in [0, 0.05) is 61.3 Å². The maximum absolute atomic E-state index is 13.5. The highest BCUT2D eigenvalue weighted by Gasteiger charge is 2.28. The van der Waals surface area contributed by atoms with E-state index in [1.165, 1.54) is 11.8 Å². The Morgan fingerprint density at radius 2 is 1.85 bits per heavy atom. The summed E-state index contributed by atoms with van der Waals surface area (Å²) in [4.78, 5) is 6.24. The van der Waals surface area contributed by atoms with Crippen LogP contribution in [0.25, 0.3) is 11.1 Å². The van der Waals surface area contributed by atoms with Crippen LogP contribution < -0.4 is 19.9 Å². The van der Waals surface area contributed by atoms with Crippen molar-refractivity contribution in [3.8, 4) is 34.4 Å². The van der Waals surface area contributed by atoms with Crippen molar-refractivity contribution in [1.82, 2.24) is 9.88 Å². The molecule has 238 valence electrons. The molecule has 0 radical (unpaired) electrons. The van der Waals surface area contributed by atoms with Crippen LogP contribution in [0.1, 0.15) is 53.2 Å². The third-order valence-corrected chi connectivity index (χ3v) is 9.17. The molecule has 1 fully saturated rings. The Balaban J connectivity index is 1.16. The number of likely N-dealkylation sites (tertiary alicyclic amines) is 1. The molecule has 46 heavy (non-hydrogen) atoms. The molecule has 1 aliphatic carbocycles. The van der Waals surface area contributed by atoms with Gasteiger partial charge in [-0.1, -0.05) is 53.5 Å². The number of fused-ring (bicyclic) bond motifs is 1. The Morgan fingerprint density at radius 1 is 1.00 bits per heavy atom. The molecule has 0 amide bonds. The first-order chi connectivity index (χ1) is 22.4. The summed E-state index contributed by atoms with van der Waals surface area (Å²) in [6, 6.07) is 19.4. The molecule has 4 aromatic rings. The maximum Gasteiger partial charge on any atom is 0.142 e. The van der Waals surface area contributed by atoms with Crippen LogP contribution in [0.3, 0.4) is 0 Å². The molecule has 7 nitrogen and oxygen atoms in total. The largest absolute Gasteiger partial charge is 0.492 e. The van der Waals surface area contributed by atoms with Gasteiger partial charge in [0.1, 0.15) is 42.2 Å². The van der Waals surface area contributed by atoms with Crippen molar-refractivity contribution in [3.05, 3.63) is 105 Å². The number of pyridine rings is 1. The van der Waals surface area contributed by atoms with Crippen LogP contribution in [0.4, 0.5) is 4.39 Å². The Labute approximate surface area is 278 Å². The predicted molar refractivity (Wildman–Crippen MR) is 177 cm³/mol. The van der Waals surface area contributed by atoms with Gasteiger partial charge in [0.05, 0.1) is 22.2 Å². The van der Waals surface area contributed by atoms with E-state index in [-0.39, 0.29) is 19.3 Å². The lowest BCUT2D eigenvalue weighted by atomic mass is 9.96. The summed E-state index contributed by atoms with van der Waals surface area (Å²) in [6.45, 7) is 3.09. The Hall–Kier alpha value is -3.87. The third kappa shape index (κ3) is 7.24. The SMILES string of the molecule is N#Cc1cncc(COc2cc(O[C@H]3CCc4c(-c5cccc(OCCCN6CC[C@@H](F)C6)c5Cl)cccc43)c(Cl)cc2CN)c1. The second kappa shape index (κ2) is 14.7. The van der Waals surface area contributed by atoms with Gasteiger partial charge < -0.3 is 24.8 Å². The van der Waals surface area contributed by atoms with Crippen LogP contribution >= 0.6 is 23.2 Å². The molecule has 3 aromatic carbocycles. The van der Waals surface area contributed by atoms with Gasteiger partial charge in [-0.05, 0) is 60.6 Å². The van der Waals surface area contributed by atoms with E-state index in [0.717, 1.165) is 60.2 Å². The Morgan fingerprint density at radius 3 is 2.65 bits per heavy atom. The number of halogens is 3. The van der Waals surface area contributed by atoms with Crippen molar-refractivity contribution >= 4 is 23.2 Å². The molecule has 0 spiro atoms. The highest BCUT2D eigenvalue weighted by atomic mass is 35.5. The molecular weight excluding hydrogens is 626 g/mol. The third-order valence-electron chi connectivity index (χ3n) is 8.48. The Bertz CT molecular complexity index is 1750. The van der Waals surface area contributed by atoms with E-state index in [2.05, 4.69) is 28.1 Å². The molecule has 1 saturated heterocycles. The first kappa shape index (κ1) is 32.1. The summed E-state index contributed by atoms with van der Waals surface area (Å²) >= 11 is 13.6. The van der Waals surface area contributed by atoms with Gasteiger partial charge in [-0.2, -0.15) is 5.26 Å². The second-order valence-electron chi connectivity index (χ2n) is 11.6. The van der Waals surface area contributed by atoms with Crippen molar-refractivity contribution in [2.75, 3.05) is 26.2 Å². The first-order valence-corrected chi connectivity index (χ1v) is 16.2. The fraction of sp³-hybridized carbons (Fsp3) is 0.333. The molecule has 1 aliphatic heterocycles. The number of rotatable bonds is 12. The van der Waals surface area contributed by atoms with Crippen molar-refractivity contribution < 1.29 is 18.6 Å². The minimum atomic E-state index is -0.715. The highest BCUT2D eigenvalue weighted by Crippen LogP contribution is 2.45. The average Bonchev–Trinajstić information content (AvgIpc) is 3.69. The van der Waals surface area contributed by atoms with Crippen LogP contribution in [-0.4, -0.2) is 42.3 Å². The Kier molecular flexibility index (Phi) is 10.3. The van der Waals surface area contributed by atoms with Crippen LogP contribution in [0.2, 0.25) is 10.0 Å². The first-order valence-electron chi connectivity index (χ1n) is 15.5. The van der Waals surface area contributed by atoms with Gasteiger partial charge in [0.25, 0.3) is 0 Å². The van der Waals surface area contributed by atoms with Crippen LogP contribution in [0.15, 0.2) is 67.0 Å². The van der Waals surface area contributed by atoms with Gasteiger partial charge in [0.2, 0.25) is 0 Å². The van der Waals surface area contributed by atoms with Crippen LogP contribution in [0, 0.1) is 11.3 Å². The monoisotopic (exact) mass is 660 g/mol. The van der Waals surface area contributed by atoms with Gasteiger partial charge in [0.15, 0.2) is 0 Å². The zero-order valence-corrected chi connectivity index (χ0v) is 26.9. The zero-order valence-electron chi connectivity index (χ0n) is 25.4. The van der Waals surface area contributed by atoms with Crippen LogP contribution in [0.5, 0.6) is 17.2 Å². The number of nitrogens with two attached hydrogens (primary N) is 1. The fourth-order valence-corrected chi connectivity index (χ4v) is 6.70. The molecule has 2 atom stereocenters. The smallest absolute Gasteiger partial charge is 0.142 e. The standard InChI is InChI=1S/C36H35Cl2FN4O3/c37-31-15-25(18-41)34(45-22-24-14-23(17-40)19-42-20-24)16-35(31)46-32-9-8-28-27(4-1-5-29(28)32)30-6-2-7-33(36(30)38)44-13-3-11-43-12-10-26(39)21-43/h1-2,4-7,14-16,19-20,26,32H,3,8-13,18,21-22,41H2/t26-,32+/m1/s1. The minimum absolute atomic E-state index is 0.215. The van der Waals surface area contributed by atoms with Crippen LogP contribution in [-0.2, 0) is 19.6 Å². The summed E-state index contributed by atoms with van der Waals surface area (Å²) < 4.78 is 32.2. The predicted octanol–water partition coefficient (Wildman–Crippen LogP) is 7.84. The molecule has 0 unspecified atom stereocenters. The zero-order chi connectivity index (χ0) is 32.0. The van der Waals surface area contributed by atoms with E-state index >= 15 is 0 Å². The second-order valence-corrected chi connectivity index (χ2v) is 12.4. The number of benzene rings is 3. The number of aromatic nitrogens is 1. The van der Waals surface area contributed by atoms with Crippen molar-refractivity contribution in [2.45, 2.75) is 51.1 Å². The van der Waals surface area contributed by atoms with Gasteiger partial charge in [-0.3, -0.25) is 4.98 Å². The van der Waals surface area contributed by atoms with E-state index in [0.29, 0.717) is 52.4 Å². The number of hydrogen-bond acceptors (Lipinski definition) is 7. The number of alkyl halides is 1. The summed E-state index contributed by atoms with van der Waals surface area (Å²) in [7, 11) is 0. The fourth-order valence-electron chi connectivity index (χ4n) is 6.18. The van der Waals surface area contributed by atoms with E-state index in [1.54, 1.807) is 24.4 Å². The normalized spacial score (nSPS) is 17.5. The lowest BCUT2D eigenvalue weighted by molar-refractivity contribution is 0.206. The molecule has 1 aromatic heterocycles. The summed E-state index contributed by atoms with van der Waals surface area (Å²) in [6.07, 6.45) is 5.25. The van der Waals surface area contributed by atoms with Crippen molar-refractivity contribution in [1.29, 1.82) is 5.26 Å². The van der Waals surface area contributed by atoms with E-state index < -0.39 is 6.17 Å². The van der Waals surface area contributed by atoms with Crippen molar-refractivity contribution in [3.63, 3.8) is 0 Å². The quantitative estimate of drug-likeness (QED) is 0.155. The lowest BCUT2D eigenvalue weighted by Crippen LogP contribution is -2.23. The van der Waals surface area contributed by atoms with Gasteiger partial charge in [-0.15, -0.1) is 0 Å². The van der Waals surface area contributed by atoms with E-state index in [9.17, 15) is 9.65 Å². The molecular formula is C36H35Cl2FN4O3. The molecule has 2 heterocycles. The van der Waals surface area contributed by atoms with E-state index in [1.807, 2.05) is 24.3 Å². The topological polar surface area (TPSA) is 93.6 Å². The highest BCUT2D eigenvalue weighted by molar-refractivity contribution is 6.35. The number of nitriles is 1. The van der Waals surface area contributed by atoms with E-state index in [4.69, 9.17) is 43.1 Å². The molecule has 10 heteroatoms. The van der Waals surface area contributed by atoms with Gasteiger partial charge >= 0.3 is 0 Å². The summed E-state index contributed by atoms with van der Waals surface area (Å²) in [5.41, 5.74) is 12.2. The molecule has 0 bridgehead atoms. The van der Waals surface area contributed by atoms with Crippen molar-refractivity contribution in [2.24, 2.45) is 5.73 Å². The molecule has 2 aliphatic rings. The van der Waals surface area contributed by atoms with Gasteiger partial charge in [-0.25, -0.2) is 4.39 Å². The molecule has 6 rings (SSSR count). The summed E-state index contributed by atoms with van der Waals surface area (Å²) in [5.74, 6) is 1.71. The number of hydrogen-bond donors (Lipinski definition) is 1. The summed E-state index contributed by atoms with van der Waals surface area (Å²) in [5, 5.41) is 10.2. The lowest BCUT2D eigenvalue weighted by Gasteiger charge is -2.19. The minimum Gasteiger partial charge on any atom is -0.492 e. The molecule has 2 N–H and O–H groups in total. The number of nitrogens with zero attached hydrogens (tertiary/aromatic N) is 3. The average molecular weight is 662 g/mol. The number of ether oxygens (including phenoxy) is 3. The maximum atomic E-state index is 13.5. The molecule has 0 saturated carbocycles.